The largest absolute Gasteiger partial charge is 0.399 e. The molecule has 0 saturated heterocycles. The van der Waals surface area contributed by atoms with Crippen molar-refractivity contribution in [3.8, 4) is 0 Å². The fourth-order valence-electron chi connectivity index (χ4n) is 1.57. The summed E-state index contributed by atoms with van der Waals surface area (Å²) in [5.74, 6) is -0.649. The highest BCUT2D eigenvalue weighted by Crippen LogP contribution is 2.32. The average molecular weight is 277 g/mol. The number of nitro groups is 1. The minimum atomic E-state index is -0.587. The van der Waals surface area contributed by atoms with Gasteiger partial charge in [0.25, 0.3) is 0 Å². The molecular weight excluding hydrogens is 266 g/mol. The first-order valence-electron chi connectivity index (χ1n) is 5.52. The normalized spacial score (nSPS) is 10.2. The summed E-state index contributed by atoms with van der Waals surface area (Å²) in [6, 6.07) is 9.53. The second-order valence-electron chi connectivity index (χ2n) is 3.86. The smallest absolute Gasteiger partial charge is 0.358 e. The van der Waals surface area contributed by atoms with E-state index < -0.39 is 4.92 Å². The number of anilines is 1. The maximum Gasteiger partial charge on any atom is 0.399 e. The third-order valence-corrected chi connectivity index (χ3v) is 3.27. The molecule has 0 unspecified atom stereocenters. The molecule has 2 rings (SSSR count). The van der Waals surface area contributed by atoms with Gasteiger partial charge in [0.15, 0.2) is 5.00 Å². The number of aromatic nitrogens is 1. The van der Waals surface area contributed by atoms with Crippen molar-refractivity contribution in [1.29, 1.82) is 0 Å². The van der Waals surface area contributed by atoms with Gasteiger partial charge in [-0.1, -0.05) is 41.7 Å². The molecule has 0 spiro atoms. The SMILES string of the molecule is CC(=O)Nc1sc(Cc2ccccc2)nc1[N+](=O)[O-]. The fourth-order valence-corrected chi connectivity index (χ4v) is 2.58. The van der Waals surface area contributed by atoms with Gasteiger partial charge in [-0.05, 0) is 15.5 Å². The Labute approximate surface area is 113 Å². The summed E-state index contributed by atoms with van der Waals surface area (Å²) in [7, 11) is 0. The molecule has 0 radical (unpaired) electrons. The molecule has 2 aromatic rings. The average Bonchev–Trinajstić information content (AvgIpc) is 2.72. The van der Waals surface area contributed by atoms with Gasteiger partial charge in [0.1, 0.15) is 0 Å². The summed E-state index contributed by atoms with van der Waals surface area (Å²) in [6.07, 6.45) is 0.506. The Kier molecular flexibility index (Phi) is 3.86. The Balaban J connectivity index is 2.27. The molecule has 1 aromatic carbocycles. The van der Waals surface area contributed by atoms with Crippen molar-refractivity contribution < 1.29 is 9.72 Å². The van der Waals surface area contributed by atoms with Crippen molar-refractivity contribution in [1.82, 2.24) is 4.98 Å². The molecule has 1 aromatic heterocycles. The molecule has 0 aliphatic carbocycles. The molecule has 0 saturated carbocycles. The van der Waals surface area contributed by atoms with E-state index in [0.29, 0.717) is 11.4 Å². The molecule has 19 heavy (non-hydrogen) atoms. The van der Waals surface area contributed by atoms with Crippen molar-refractivity contribution in [3.05, 3.63) is 51.0 Å². The van der Waals surface area contributed by atoms with E-state index in [0.717, 1.165) is 16.9 Å². The highest BCUT2D eigenvalue weighted by Gasteiger charge is 2.23. The molecule has 0 aliphatic heterocycles. The lowest BCUT2D eigenvalue weighted by Crippen LogP contribution is -2.06. The number of rotatable bonds is 4. The van der Waals surface area contributed by atoms with Crippen molar-refractivity contribution in [2.24, 2.45) is 0 Å². The zero-order valence-corrected chi connectivity index (χ0v) is 10.9. The lowest BCUT2D eigenvalue weighted by atomic mass is 10.2. The molecule has 1 N–H and O–H groups in total. The summed E-state index contributed by atoms with van der Waals surface area (Å²) in [5, 5.41) is 14.1. The highest BCUT2D eigenvalue weighted by molar-refractivity contribution is 7.16. The first-order chi connectivity index (χ1) is 9.06. The standard InChI is InChI=1S/C12H11N3O3S/c1-8(16)13-12-11(15(17)18)14-10(19-12)7-9-5-3-2-4-6-9/h2-6H,7H2,1H3,(H,13,16). The number of hydrogen-bond acceptors (Lipinski definition) is 5. The van der Waals surface area contributed by atoms with E-state index in [1.165, 1.54) is 6.92 Å². The molecule has 0 fully saturated rings. The third-order valence-electron chi connectivity index (χ3n) is 2.31. The molecule has 0 aliphatic rings. The number of thiazole rings is 1. The second kappa shape index (κ2) is 5.57. The van der Waals surface area contributed by atoms with Gasteiger partial charge in [0.2, 0.25) is 10.9 Å². The lowest BCUT2D eigenvalue weighted by Gasteiger charge is -1.95. The van der Waals surface area contributed by atoms with Crippen LogP contribution in [-0.2, 0) is 11.2 Å². The second-order valence-corrected chi connectivity index (χ2v) is 4.94. The third kappa shape index (κ3) is 3.35. The molecule has 1 heterocycles. The maximum atomic E-state index is 11.0. The van der Waals surface area contributed by atoms with Gasteiger partial charge < -0.3 is 15.4 Å². The van der Waals surface area contributed by atoms with Crippen LogP contribution in [0.3, 0.4) is 0 Å². The van der Waals surface area contributed by atoms with Crippen LogP contribution in [0.1, 0.15) is 17.5 Å². The Hall–Kier alpha value is -2.28. The first kappa shape index (κ1) is 13.2. The van der Waals surface area contributed by atoms with E-state index >= 15 is 0 Å². The number of carbonyl (C=O) groups excluding carboxylic acids is 1. The zero-order valence-electron chi connectivity index (χ0n) is 10.1. The molecule has 7 heteroatoms. The van der Waals surface area contributed by atoms with Gasteiger partial charge >= 0.3 is 5.82 Å². The van der Waals surface area contributed by atoms with Crippen LogP contribution in [0.2, 0.25) is 0 Å². The monoisotopic (exact) mass is 277 g/mol. The highest BCUT2D eigenvalue weighted by atomic mass is 32.1. The summed E-state index contributed by atoms with van der Waals surface area (Å²) in [6.45, 7) is 1.31. The maximum absolute atomic E-state index is 11.0. The number of nitrogens with one attached hydrogen (secondary N) is 1. The van der Waals surface area contributed by atoms with Crippen LogP contribution in [-0.4, -0.2) is 15.8 Å². The van der Waals surface area contributed by atoms with E-state index in [2.05, 4.69) is 10.3 Å². The number of carbonyl (C=O) groups is 1. The van der Waals surface area contributed by atoms with E-state index in [1.54, 1.807) is 0 Å². The minimum absolute atomic E-state index is 0.184. The fraction of sp³-hybridized carbons (Fsp3) is 0.167. The Morgan fingerprint density at radius 3 is 2.68 bits per heavy atom. The summed E-state index contributed by atoms with van der Waals surface area (Å²) in [5.41, 5.74) is 1.01. The molecule has 0 bridgehead atoms. The number of nitrogens with zero attached hydrogens (tertiary/aromatic N) is 2. The molecule has 1 amide bonds. The zero-order chi connectivity index (χ0) is 13.8. The summed E-state index contributed by atoms with van der Waals surface area (Å²) >= 11 is 1.13. The number of hydrogen-bond donors (Lipinski definition) is 1. The predicted octanol–water partition coefficient (Wildman–Crippen LogP) is 2.60. The summed E-state index contributed by atoms with van der Waals surface area (Å²) in [4.78, 5) is 25.2. The Bertz CT molecular complexity index is 610. The van der Waals surface area contributed by atoms with Crippen molar-refractivity contribution in [2.75, 3.05) is 5.32 Å². The Morgan fingerprint density at radius 2 is 2.11 bits per heavy atom. The van der Waals surface area contributed by atoms with Crippen LogP contribution < -0.4 is 5.32 Å². The van der Waals surface area contributed by atoms with Gasteiger partial charge in [-0.15, -0.1) is 0 Å². The quantitative estimate of drug-likeness (QED) is 0.687. The first-order valence-corrected chi connectivity index (χ1v) is 6.33. The lowest BCUT2D eigenvalue weighted by molar-refractivity contribution is -0.388. The van der Waals surface area contributed by atoms with Crippen LogP contribution in [0, 0.1) is 10.1 Å². The van der Waals surface area contributed by atoms with Gasteiger partial charge in [-0.25, -0.2) is 0 Å². The molecule has 98 valence electrons. The van der Waals surface area contributed by atoms with Crippen LogP contribution in [0.4, 0.5) is 10.8 Å². The minimum Gasteiger partial charge on any atom is -0.358 e. The molecule has 0 atom stereocenters. The van der Waals surface area contributed by atoms with E-state index in [1.807, 2.05) is 30.3 Å². The molecular formula is C12H11N3O3S. The van der Waals surface area contributed by atoms with Crippen LogP contribution in [0.25, 0.3) is 0 Å². The topological polar surface area (TPSA) is 85.1 Å². The van der Waals surface area contributed by atoms with Gasteiger partial charge in [-0.2, -0.15) is 0 Å². The van der Waals surface area contributed by atoms with Crippen molar-refractivity contribution in [3.63, 3.8) is 0 Å². The van der Waals surface area contributed by atoms with Gasteiger partial charge in [-0.3, -0.25) is 4.79 Å². The summed E-state index contributed by atoms with van der Waals surface area (Å²) < 4.78 is 0. The van der Waals surface area contributed by atoms with Crippen LogP contribution in [0.15, 0.2) is 30.3 Å². The van der Waals surface area contributed by atoms with Crippen molar-refractivity contribution >= 4 is 28.1 Å². The van der Waals surface area contributed by atoms with Crippen molar-refractivity contribution in [2.45, 2.75) is 13.3 Å². The Morgan fingerprint density at radius 1 is 1.42 bits per heavy atom. The van der Waals surface area contributed by atoms with E-state index in [9.17, 15) is 14.9 Å². The molecule has 6 nitrogen and oxygen atoms in total. The number of benzene rings is 1. The van der Waals surface area contributed by atoms with Crippen LogP contribution in [0.5, 0.6) is 0 Å². The van der Waals surface area contributed by atoms with Gasteiger partial charge in [0, 0.05) is 13.3 Å². The van der Waals surface area contributed by atoms with Gasteiger partial charge in [0.05, 0.1) is 0 Å². The van der Waals surface area contributed by atoms with Crippen LogP contribution >= 0.6 is 11.3 Å². The predicted molar refractivity (Wildman–Crippen MR) is 72.3 cm³/mol. The van der Waals surface area contributed by atoms with E-state index in [-0.39, 0.29) is 16.7 Å². The number of amides is 1. The van der Waals surface area contributed by atoms with E-state index in [4.69, 9.17) is 0 Å².